The molecule has 3 heterocycles. The first-order chi connectivity index (χ1) is 16.6. The molecule has 1 aromatic carbocycles. The predicted octanol–water partition coefficient (Wildman–Crippen LogP) is 1.91. The fourth-order valence-corrected chi connectivity index (χ4v) is 4.05. The Morgan fingerprint density at radius 1 is 0.882 bits per heavy atom. The van der Waals surface area contributed by atoms with Gasteiger partial charge in [-0.25, -0.2) is 4.39 Å². The summed E-state index contributed by atoms with van der Waals surface area (Å²) in [6, 6.07) is 14.0. The zero-order chi connectivity index (χ0) is 23.8. The molecule has 1 unspecified atom stereocenters. The van der Waals surface area contributed by atoms with Gasteiger partial charge in [0.2, 0.25) is 0 Å². The molecule has 3 aromatic rings. The van der Waals surface area contributed by atoms with Crippen molar-refractivity contribution in [3.8, 4) is 0 Å². The van der Waals surface area contributed by atoms with Crippen molar-refractivity contribution in [2.75, 3.05) is 37.6 Å². The maximum absolute atomic E-state index is 14.2. The first-order valence-electron chi connectivity index (χ1n) is 11.2. The van der Waals surface area contributed by atoms with Crippen molar-refractivity contribution in [3.05, 3.63) is 90.3 Å². The number of hydrogen-bond donors (Lipinski definition) is 2. The standard InChI is InChI=1S/C25H27FN6O2/c26-21-5-1-2-6-22(21)31-12-14-32(15-13-31)23(20-4-3-9-28-17-20)18-30-25(34)24(33)29-16-19-7-10-27-11-8-19/h1-11,17,23H,12-16,18H2,(H,29,33)(H,30,34). The van der Waals surface area contributed by atoms with E-state index >= 15 is 0 Å². The van der Waals surface area contributed by atoms with Gasteiger partial charge in [0.05, 0.1) is 11.7 Å². The fourth-order valence-electron chi connectivity index (χ4n) is 4.05. The normalized spacial score (nSPS) is 14.9. The number of carbonyl (C=O) groups is 2. The Morgan fingerprint density at radius 2 is 1.62 bits per heavy atom. The van der Waals surface area contributed by atoms with Crippen LogP contribution >= 0.6 is 0 Å². The largest absolute Gasteiger partial charge is 0.367 e. The van der Waals surface area contributed by atoms with Crippen LogP contribution in [0, 0.1) is 5.82 Å². The molecule has 1 aliphatic heterocycles. The van der Waals surface area contributed by atoms with E-state index in [9.17, 15) is 14.0 Å². The second-order valence-corrected chi connectivity index (χ2v) is 8.02. The molecule has 9 heteroatoms. The molecule has 0 radical (unpaired) electrons. The Kier molecular flexibility index (Phi) is 7.77. The number of hydrogen-bond acceptors (Lipinski definition) is 6. The third-order valence-corrected chi connectivity index (χ3v) is 5.88. The summed E-state index contributed by atoms with van der Waals surface area (Å²) in [7, 11) is 0. The van der Waals surface area contributed by atoms with Crippen LogP contribution in [0.1, 0.15) is 17.2 Å². The van der Waals surface area contributed by atoms with Gasteiger partial charge >= 0.3 is 11.8 Å². The third kappa shape index (κ3) is 5.93. The van der Waals surface area contributed by atoms with Crippen molar-refractivity contribution in [3.63, 3.8) is 0 Å². The van der Waals surface area contributed by atoms with Crippen LogP contribution in [-0.4, -0.2) is 59.4 Å². The van der Waals surface area contributed by atoms with E-state index in [2.05, 4.69) is 25.5 Å². The Labute approximate surface area is 197 Å². The van der Waals surface area contributed by atoms with Gasteiger partial charge in [0.25, 0.3) is 0 Å². The second kappa shape index (κ2) is 11.3. The number of aromatic nitrogens is 2. The minimum Gasteiger partial charge on any atom is -0.367 e. The maximum Gasteiger partial charge on any atom is 0.309 e. The molecular formula is C25H27FN6O2. The molecule has 1 aliphatic rings. The van der Waals surface area contributed by atoms with Gasteiger partial charge in [0.15, 0.2) is 0 Å². The summed E-state index contributed by atoms with van der Waals surface area (Å²) in [5.74, 6) is -1.61. The lowest BCUT2D eigenvalue weighted by atomic mass is 10.1. The molecule has 176 valence electrons. The molecule has 0 spiro atoms. The van der Waals surface area contributed by atoms with Crippen molar-refractivity contribution in [1.82, 2.24) is 25.5 Å². The van der Waals surface area contributed by atoms with Crippen LogP contribution in [0.5, 0.6) is 0 Å². The molecule has 8 nitrogen and oxygen atoms in total. The number of nitrogens with one attached hydrogen (secondary N) is 2. The summed E-state index contributed by atoms with van der Waals surface area (Å²) in [5.41, 5.74) is 2.40. The lowest BCUT2D eigenvalue weighted by Gasteiger charge is -2.40. The molecule has 0 saturated carbocycles. The number of amides is 2. The van der Waals surface area contributed by atoms with Gasteiger partial charge in [-0.1, -0.05) is 18.2 Å². The number of halogens is 1. The molecule has 1 saturated heterocycles. The van der Waals surface area contributed by atoms with Crippen molar-refractivity contribution in [2.24, 2.45) is 0 Å². The minimum absolute atomic E-state index is 0.159. The number of anilines is 1. The maximum atomic E-state index is 14.2. The number of piperazine rings is 1. The average Bonchev–Trinajstić information content (AvgIpc) is 2.89. The molecule has 0 aliphatic carbocycles. The Hall–Kier alpha value is -3.85. The fraction of sp³-hybridized carbons (Fsp3) is 0.280. The van der Waals surface area contributed by atoms with E-state index in [1.54, 1.807) is 49.1 Å². The van der Waals surface area contributed by atoms with Crippen LogP contribution in [0.2, 0.25) is 0 Å². The Morgan fingerprint density at radius 3 is 2.32 bits per heavy atom. The average molecular weight is 463 g/mol. The zero-order valence-corrected chi connectivity index (χ0v) is 18.7. The zero-order valence-electron chi connectivity index (χ0n) is 18.7. The predicted molar refractivity (Wildman–Crippen MR) is 126 cm³/mol. The van der Waals surface area contributed by atoms with Gasteiger partial charge in [0.1, 0.15) is 5.82 Å². The molecule has 1 fully saturated rings. The highest BCUT2D eigenvalue weighted by Crippen LogP contribution is 2.25. The summed E-state index contributed by atoms with van der Waals surface area (Å²) in [4.78, 5) is 37.1. The van der Waals surface area contributed by atoms with Crippen LogP contribution < -0.4 is 15.5 Å². The summed E-state index contributed by atoms with van der Waals surface area (Å²) in [6.45, 7) is 3.16. The monoisotopic (exact) mass is 462 g/mol. The summed E-state index contributed by atoms with van der Waals surface area (Å²) in [5, 5.41) is 5.38. The highest BCUT2D eigenvalue weighted by molar-refractivity contribution is 6.35. The number of nitrogens with zero attached hydrogens (tertiary/aromatic N) is 4. The van der Waals surface area contributed by atoms with E-state index in [0.717, 1.165) is 11.1 Å². The lowest BCUT2D eigenvalue weighted by Crippen LogP contribution is -2.51. The van der Waals surface area contributed by atoms with Gasteiger partial charge < -0.3 is 15.5 Å². The van der Waals surface area contributed by atoms with Crippen LogP contribution in [0.3, 0.4) is 0 Å². The molecule has 4 rings (SSSR count). The molecule has 34 heavy (non-hydrogen) atoms. The van der Waals surface area contributed by atoms with Crippen molar-refractivity contribution >= 4 is 17.5 Å². The van der Waals surface area contributed by atoms with Gasteiger partial charge in [-0.2, -0.15) is 0 Å². The molecule has 2 N–H and O–H groups in total. The van der Waals surface area contributed by atoms with Crippen LogP contribution in [0.15, 0.2) is 73.3 Å². The van der Waals surface area contributed by atoms with Gasteiger partial charge in [-0.3, -0.25) is 24.5 Å². The first-order valence-corrected chi connectivity index (χ1v) is 11.2. The van der Waals surface area contributed by atoms with E-state index in [4.69, 9.17) is 0 Å². The van der Waals surface area contributed by atoms with Gasteiger partial charge in [-0.05, 0) is 41.5 Å². The van der Waals surface area contributed by atoms with Crippen molar-refractivity contribution in [2.45, 2.75) is 12.6 Å². The minimum atomic E-state index is -0.689. The summed E-state index contributed by atoms with van der Waals surface area (Å²) >= 11 is 0. The summed E-state index contributed by atoms with van der Waals surface area (Å²) < 4.78 is 14.2. The first kappa shape index (κ1) is 23.3. The highest BCUT2D eigenvalue weighted by atomic mass is 19.1. The quantitative estimate of drug-likeness (QED) is 0.522. The Bertz CT molecular complexity index is 1090. The molecule has 2 aromatic heterocycles. The molecule has 2 amide bonds. The van der Waals surface area contributed by atoms with Crippen LogP contribution in [0.25, 0.3) is 0 Å². The number of rotatable bonds is 7. The van der Waals surface area contributed by atoms with E-state index in [-0.39, 0.29) is 24.9 Å². The number of para-hydroxylation sites is 1. The highest BCUT2D eigenvalue weighted by Gasteiger charge is 2.27. The number of benzene rings is 1. The van der Waals surface area contributed by atoms with Gasteiger partial charge in [0, 0.05) is 64.1 Å². The van der Waals surface area contributed by atoms with Crippen molar-refractivity contribution in [1.29, 1.82) is 0 Å². The number of carbonyl (C=O) groups excluding carboxylic acids is 2. The number of pyridine rings is 2. The molecular weight excluding hydrogens is 435 g/mol. The van der Waals surface area contributed by atoms with Crippen LogP contribution in [-0.2, 0) is 16.1 Å². The second-order valence-electron chi connectivity index (χ2n) is 8.02. The van der Waals surface area contributed by atoms with Crippen LogP contribution in [0.4, 0.5) is 10.1 Å². The van der Waals surface area contributed by atoms with E-state index in [1.165, 1.54) is 6.07 Å². The molecule has 0 bridgehead atoms. The van der Waals surface area contributed by atoms with E-state index in [1.807, 2.05) is 23.1 Å². The third-order valence-electron chi connectivity index (χ3n) is 5.88. The van der Waals surface area contributed by atoms with E-state index in [0.29, 0.717) is 31.9 Å². The Balaban J connectivity index is 1.36. The molecule has 1 atom stereocenters. The topological polar surface area (TPSA) is 90.5 Å². The smallest absolute Gasteiger partial charge is 0.309 e. The van der Waals surface area contributed by atoms with Gasteiger partial charge in [-0.15, -0.1) is 0 Å². The lowest BCUT2D eigenvalue weighted by molar-refractivity contribution is -0.139. The van der Waals surface area contributed by atoms with Crippen molar-refractivity contribution < 1.29 is 14.0 Å². The van der Waals surface area contributed by atoms with E-state index < -0.39 is 11.8 Å². The summed E-state index contributed by atoms with van der Waals surface area (Å²) in [6.07, 6.45) is 6.73. The SMILES string of the molecule is O=C(NCc1ccncc1)C(=O)NCC(c1cccnc1)N1CCN(c2ccccc2F)CC1.